The first-order chi connectivity index (χ1) is 6.20. The third-order valence-corrected chi connectivity index (χ3v) is 2.34. The van der Waals surface area contributed by atoms with Gasteiger partial charge in [0.2, 0.25) is 5.91 Å². The van der Waals surface area contributed by atoms with Crippen LogP contribution >= 0.6 is 0 Å². The predicted octanol–water partition coefficient (Wildman–Crippen LogP) is -0.423. The minimum absolute atomic E-state index is 0.0424. The quantitative estimate of drug-likeness (QED) is 0.589. The van der Waals surface area contributed by atoms with Gasteiger partial charge in [0.15, 0.2) is 0 Å². The Kier molecular flexibility index (Phi) is 1.81. The van der Waals surface area contributed by atoms with Gasteiger partial charge in [-0.15, -0.1) is 0 Å². The predicted molar refractivity (Wildman–Crippen MR) is 48.2 cm³/mol. The fraction of sp³-hybridized carbons (Fsp3) is 0.500. The summed E-state index contributed by atoms with van der Waals surface area (Å²) in [6.07, 6.45) is 2.34. The number of hydrogen-bond acceptors (Lipinski definition) is 3. The van der Waals surface area contributed by atoms with E-state index in [1.165, 1.54) is 0 Å². The van der Waals surface area contributed by atoms with E-state index in [-0.39, 0.29) is 5.91 Å². The van der Waals surface area contributed by atoms with Crippen LogP contribution in [0.5, 0.6) is 0 Å². The number of amides is 1. The van der Waals surface area contributed by atoms with Crippen molar-refractivity contribution < 1.29 is 4.79 Å². The maximum Gasteiger partial charge on any atom is 0.244 e. The van der Waals surface area contributed by atoms with Crippen molar-refractivity contribution in [2.75, 3.05) is 11.9 Å². The van der Waals surface area contributed by atoms with E-state index in [0.29, 0.717) is 13.0 Å². The number of carbonyl (C=O) groups excluding carboxylic acids is 1. The van der Waals surface area contributed by atoms with Crippen LogP contribution in [-0.4, -0.2) is 28.8 Å². The van der Waals surface area contributed by atoms with E-state index in [2.05, 4.69) is 5.10 Å². The first kappa shape index (κ1) is 8.25. The maximum absolute atomic E-state index is 11.6. The molecule has 2 rings (SSSR count). The number of nitrogens with two attached hydrogens (primary N) is 1. The Hall–Kier alpha value is -1.36. The lowest BCUT2D eigenvalue weighted by Gasteiger charge is -2.16. The van der Waals surface area contributed by atoms with Gasteiger partial charge < -0.3 is 5.73 Å². The molecule has 70 valence electrons. The average Bonchev–Trinajstić information content (AvgIpc) is 2.56. The van der Waals surface area contributed by atoms with Gasteiger partial charge in [0.25, 0.3) is 0 Å². The summed E-state index contributed by atoms with van der Waals surface area (Å²) in [5.41, 5.74) is 5.67. The monoisotopic (exact) mass is 180 g/mol. The lowest BCUT2D eigenvalue weighted by Crippen LogP contribution is -2.40. The van der Waals surface area contributed by atoms with Crippen molar-refractivity contribution in [2.45, 2.75) is 19.0 Å². The van der Waals surface area contributed by atoms with Crippen LogP contribution in [0.3, 0.4) is 0 Å². The first-order valence-corrected chi connectivity index (χ1v) is 4.25. The van der Waals surface area contributed by atoms with Gasteiger partial charge in [-0.1, -0.05) is 0 Å². The van der Waals surface area contributed by atoms with Gasteiger partial charge in [0, 0.05) is 19.7 Å². The van der Waals surface area contributed by atoms with Crippen molar-refractivity contribution in [1.82, 2.24) is 9.78 Å². The maximum atomic E-state index is 11.6. The molecule has 1 atom stereocenters. The van der Waals surface area contributed by atoms with Crippen molar-refractivity contribution >= 4 is 11.7 Å². The number of hydrogen-bond donors (Lipinski definition) is 1. The number of aryl methyl sites for hydroxylation is 1. The molecule has 0 unspecified atom stereocenters. The minimum atomic E-state index is -0.397. The fourth-order valence-electron chi connectivity index (χ4n) is 1.53. The van der Waals surface area contributed by atoms with Gasteiger partial charge in [0.1, 0.15) is 5.82 Å². The molecule has 1 aromatic heterocycles. The van der Waals surface area contributed by atoms with Crippen LogP contribution in [0.1, 0.15) is 6.42 Å². The Morgan fingerprint density at radius 3 is 3.23 bits per heavy atom. The molecule has 2 heterocycles. The second kappa shape index (κ2) is 2.85. The molecule has 2 N–H and O–H groups in total. The number of aromatic nitrogens is 2. The number of carbonyl (C=O) groups is 1. The van der Waals surface area contributed by atoms with Gasteiger partial charge in [-0.05, 0) is 6.42 Å². The highest BCUT2D eigenvalue weighted by Gasteiger charge is 2.25. The van der Waals surface area contributed by atoms with Crippen LogP contribution < -0.4 is 10.6 Å². The fourth-order valence-corrected chi connectivity index (χ4v) is 1.53. The van der Waals surface area contributed by atoms with Crippen LogP contribution in [0.4, 0.5) is 5.82 Å². The molecule has 0 bridgehead atoms. The van der Waals surface area contributed by atoms with Crippen LogP contribution in [0.15, 0.2) is 12.3 Å². The van der Waals surface area contributed by atoms with Crippen LogP contribution in [0.25, 0.3) is 0 Å². The van der Waals surface area contributed by atoms with Gasteiger partial charge in [0.05, 0.1) is 12.2 Å². The normalized spacial score (nSPS) is 22.8. The van der Waals surface area contributed by atoms with Crippen molar-refractivity contribution in [1.29, 1.82) is 0 Å². The molecule has 0 aliphatic carbocycles. The molecule has 0 radical (unpaired) electrons. The summed E-state index contributed by atoms with van der Waals surface area (Å²) in [5.74, 6) is 0.775. The lowest BCUT2D eigenvalue weighted by atomic mass is 10.2. The van der Waals surface area contributed by atoms with Gasteiger partial charge in [-0.25, -0.2) is 4.68 Å². The molecule has 1 aliphatic rings. The first-order valence-electron chi connectivity index (χ1n) is 4.25. The van der Waals surface area contributed by atoms with Gasteiger partial charge in [-0.3, -0.25) is 9.69 Å². The molecule has 5 heteroatoms. The third kappa shape index (κ3) is 1.21. The summed E-state index contributed by atoms with van der Waals surface area (Å²) in [6.45, 7) is 0.708. The van der Waals surface area contributed by atoms with Crippen LogP contribution in [-0.2, 0) is 11.3 Å². The van der Waals surface area contributed by atoms with Crippen LogP contribution in [0.2, 0.25) is 0 Å². The molecule has 1 amide bonds. The van der Waals surface area contributed by atoms with Crippen LogP contribution in [0, 0.1) is 0 Å². The number of fused-ring (bicyclic) bond motifs is 1. The zero-order valence-corrected chi connectivity index (χ0v) is 7.47. The molecular weight excluding hydrogens is 168 g/mol. The molecule has 0 aromatic carbocycles. The Morgan fingerprint density at radius 2 is 2.46 bits per heavy atom. The second-order valence-electron chi connectivity index (χ2n) is 3.20. The van der Waals surface area contributed by atoms with Gasteiger partial charge >= 0.3 is 0 Å². The standard InChI is InChI=1S/C8H12N4O/c1-11-7-2-4-10-12(7)5-3-6(9)8(11)13/h2,4,6H,3,5,9H2,1H3/t6-/m1/s1. The van der Waals surface area contributed by atoms with E-state index in [9.17, 15) is 4.79 Å². The Bertz CT molecular complexity index is 333. The molecule has 1 aliphatic heterocycles. The molecule has 0 spiro atoms. The second-order valence-corrected chi connectivity index (χ2v) is 3.20. The summed E-state index contributed by atoms with van der Waals surface area (Å²) in [6, 6.07) is 1.42. The number of rotatable bonds is 0. The highest BCUT2D eigenvalue weighted by molar-refractivity contribution is 5.96. The average molecular weight is 180 g/mol. The highest BCUT2D eigenvalue weighted by Crippen LogP contribution is 2.17. The van der Waals surface area contributed by atoms with Crippen molar-refractivity contribution in [3.8, 4) is 0 Å². The minimum Gasteiger partial charge on any atom is -0.320 e. The molecule has 0 saturated heterocycles. The largest absolute Gasteiger partial charge is 0.320 e. The number of nitrogens with zero attached hydrogens (tertiary/aromatic N) is 3. The third-order valence-electron chi connectivity index (χ3n) is 2.34. The Morgan fingerprint density at radius 1 is 1.69 bits per heavy atom. The summed E-state index contributed by atoms with van der Waals surface area (Å²) in [7, 11) is 1.72. The molecule has 5 nitrogen and oxygen atoms in total. The smallest absolute Gasteiger partial charge is 0.244 e. The molecular formula is C8H12N4O. The summed E-state index contributed by atoms with van der Waals surface area (Å²) in [4.78, 5) is 13.1. The van der Waals surface area contributed by atoms with E-state index in [1.807, 2.05) is 6.07 Å². The van der Waals surface area contributed by atoms with E-state index in [4.69, 9.17) is 5.73 Å². The van der Waals surface area contributed by atoms with E-state index < -0.39 is 6.04 Å². The lowest BCUT2D eigenvalue weighted by molar-refractivity contribution is -0.119. The Labute approximate surface area is 76.1 Å². The van der Waals surface area contributed by atoms with Gasteiger partial charge in [-0.2, -0.15) is 5.10 Å². The molecule has 0 fully saturated rings. The highest BCUT2D eigenvalue weighted by atomic mass is 16.2. The summed E-state index contributed by atoms with van der Waals surface area (Å²) in [5, 5.41) is 4.10. The number of anilines is 1. The molecule has 13 heavy (non-hydrogen) atoms. The summed E-state index contributed by atoms with van der Waals surface area (Å²) >= 11 is 0. The zero-order valence-electron chi connectivity index (χ0n) is 7.47. The molecule has 0 saturated carbocycles. The number of likely N-dealkylation sites (N-methyl/N-ethyl adjacent to an activating group) is 1. The van der Waals surface area contributed by atoms with Crippen molar-refractivity contribution in [3.05, 3.63) is 12.3 Å². The van der Waals surface area contributed by atoms with Crippen molar-refractivity contribution in [3.63, 3.8) is 0 Å². The van der Waals surface area contributed by atoms with E-state index in [1.54, 1.807) is 22.8 Å². The molecule has 1 aromatic rings. The zero-order chi connectivity index (χ0) is 9.42. The van der Waals surface area contributed by atoms with Crippen molar-refractivity contribution in [2.24, 2.45) is 5.73 Å². The van der Waals surface area contributed by atoms with E-state index in [0.717, 1.165) is 5.82 Å². The topological polar surface area (TPSA) is 64.2 Å². The summed E-state index contributed by atoms with van der Waals surface area (Å²) < 4.78 is 1.80. The van der Waals surface area contributed by atoms with E-state index >= 15 is 0 Å². The SMILES string of the molecule is CN1C(=O)[C@H](N)CCn2nccc21. The Balaban J connectivity index is 2.40.